The predicted molar refractivity (Wildman–Crippen MR) is 98.8 cm³/mol. The van der Waals surface area contributed by atoms with Crippen LogP contribution in [-0.4, -0.2) is 25.7 Å². The maximum atomic E-state index is 12.2. The lowest BCUT2D eigenvalue weighted by atomic mass is 10.2. The molecule has 1 aromatic heterocycles. The summed E-state index contributed by atoms with van der Waals surface area (Å²) >= 11 is 6.98. The van der Waals surface area contributed by atoms with Gasteiger partial charge in [0.2, 0.25) is 0 Å². The number of hydrogen-bond donors (Lipinski definition) is 0. The number of carbonyl (C=O) groups excluding carboxylic acids is 1. The average Bonchev–Trinajstić information content (AvgIpc) is 3.04. The Morgan fingerprint density at radius 1 is 1.33 bits per heavy atom. The molecule has 0 saturated carbocycles. The predicted octanol–water partition coefficient (Wildman–Crippen LogP) is 3.88. The minimum Gasteiger partial charge on any atom is -0.457 e. The van der Waals surface area contributed by atoms with Crippen LogP contribution in [0.1, 0.15) is 15.9 Å². The highest BCUT2D eigenvalue weighted by Crippen LogP contribution is 2.34. The van der Waals surface area contributed by atoms with E-state index in [4.69, 9.17) is 16.3 Å². The van der Waals surface area contributed by atoms with E-state index in [-0.39, 0.29) is 17.9 Å². The quantitative estimate of drug-likeness (QED) is 0.349. The average molecular weight is 405 g/mol. The molecular weight excluding hydrogens is 392 g/mol. The number of benzene rings is 2. The fourth-order valence-corrected chi connectivity index (χ4v) is 3.26. The van der Waals surface area contributed by atoms with E-state index in [0.29, 0.717) is 15.1 Å². The van der Waals surface area contributed by atoms with Crippen LogP contribution in [0.4, 0.5) is 5.69 Å². The fraction of sp³-hybridized carbons (Fsp3) is 0.118. The van der Waals surface area contributed by atoms with Gasteiger partial charge in [-0.05, 0) is 41.6 Å². The molecule has 1 heterocycles. The first-order valence-electron chi connectivity index (χ1n) is 7.66. The lowest BCUT2D eigenvalue weighted by molar-refractivity contribution is -0.387. The summed E-state index contributed by atoms with van der Waals surface area (Å²) in [5, 5.41) is 20.1. The number of rotatable bonds is 6. The van der Waals surface area contributed by atoms with Crippen molar-refractivity contribution in [1.82, 2.24) is 14.8 Å². The Bertz CT molecular complexity index is 1010. The topological polar surface area (TPSA) is 100 Å². The zero-order valence-electron chi connectivity index (χ0n) is 14.0. The molecule has 0 unspecified atom stereocenters. The number of carbonyl (C=O) groups is 1. The number of nitro benzene ring substituents is 1. The molecule has 0 amide bonds. The van der Waals surface area contributed by atoms with Crippen molar-refractivity contribution in [1.29, 1.82) is 0 Å². The zero-order chi connectivity index (χ0) is 19.4. The summed E-state index contributed by atoms with van der Waals surface area (Å²) in [5.41, 5.74) is 0.603. The molecule has 3 aromatic rings. The van der Waals surface area contributed by atoms with Gasteiger partial charge in [0.25, 0.3) is 5.69 Å². The van der Waals surface area contributed by atoms with Crippen molar-refractivity contribution in [3.8, 4) is 0 Å². The van der Waals surface area contributed by atoms with E-state index in [0.717, 1.165) is 17.3 Å². The maximum absolute atomic E-state index is 12.2. The first kappa shape index (κ1) is 18.9. The molecule has 0 atom stereocenters. The van der Waals surface area contributed by atoms with Gasteiger partial charge in [0.15, 0.2) is 5.16 Å². The van der Waals surface area contributed by atoms with E-state index in [2.05, 4.69) is 10.2 Å². The Morgan fingerprint density at radius 2 is 2.15 bits per heavy atom. The Kier molecular flexibility index (Phi) is 5.72. The van der Waals surface area contributed by atoms with E-state index < -0.39 is 10.9 Å². The number of aromatic nitrogens is 3. The Morgan fingerprint density at radius 3 is 2.81 bits per heavy atom. The van der Waals surface area contributed by atoms with E-state index in [1.165, 1.54) is 24.5 Å². The SMILES string of the molecule is Cn1cnnc1Sc1ccc(C(=O)OCc2cccc(Cl)c2)cc1[N+](=O)[O-]. The summed E-state index contributed by atoms with van der Waals surface area (Å²) in [7, 11) is 1.73. The van der Waals surface area contributed by atoms with Crippen LogP contribution in [0.2, 0.25) is 5.02 Å². The van der Waals surface area contributed by atoms with Gasteiger partial charge in [-0.25, -0.2) is 4.79 Å². The van der Waals surface area contributed by atoms with Crippen molar-refractivity contribution >= 4 is 35.0 Å². The van der Waals surface area contributed by atoms with Crippen molar-refractivity contribution in [2.24, 2.45) is 7.05 Å². The summed E-state index contributed by atoms with van der Waals surface area (Å²) in [6.45, 7) is 0.0165. The van der Waals surface area contributed by atoms with E-state index in [1.807, 2.05) is 0 Å². The van der Waals surface area contributed by atoms with Gasteiger partial charge in [-0.15, -0.1) is 10.2 Å². The van der Waals surface area contributed by atoms with Crippen LogP contribution in [0.3, 0.4) is 0 Å². The number of aryl methyl sites for hydroxylation is 1. The molecule has 0 aliphatic rings. The highest BCUT2D eigenvalue weighted by Gasteiger charge is 2.20. The molecule has 0 saturated heterocycles. The van der Waals surface area contributed by atoms with Crippen LogP contribution >= 0.6 is 23.4 Å². The summed E-state index contributed by atoms with van der Waals surface area (Å²) in [5.74, 6) is -0.659. The number of esters is 1. The van der Waals surface area contributed by atoms with E-state index >= 15 is 0 Å². The second kappa shape index (κ2) is 8.19. The van der Waals surface area contributed by atoms with Crippen LogP contribution in [0, 0.1) is 10.1 Å². The van der Waals surface area contributed by atoms with Gasteiger partial charge in [-0.2, -0.15) is 0 Å². The minimum absolute atomic E-state index is 0.0165. The van der Waals surface area contributed by atoms with Crippen LogP contribution in [0.15, 0.2) is 58.8 Å². The van der Waals surface area contributed by atoms with Gasteiger partial charge in [0, 0.05) is 18.1 Å². The van der Waals surface area contributed by atoms with E-state index in [9.17, 15) is 14.9 Å². The van der Waals surface area contributed by atoms with Crippen LogP contribution < -0.4 is 0 Å². The third-order valence-electron chi connectivity index (χ3n) is 3.52. The monoisotopic (exact) mass is 404 g/mol. The normalized spacial score (nSPS) is 10.6. The second-order valence-electron chi connectivity index (χ2n) is 5.47. The zero-order valence-corrected chi connectivity index (χ0v) is 15.6. The summed E-state index contributed by atoms with van der Waals surface area (Å²) < 4.78 is 6.86. The van der Waals surface area contributed by atoms with Gasteiger partial charge < -0.3 is 9.30 Å². The number of nitro groups is 1. The molecule has 0 aliphatic heterocycles. The first-order valence-corrected chi connectivity index (χ1v) is 8.85. The van der Waals surface area contributed by atoms with Gasteiger partial charge >= 0.3 is 5.97 Å². The van der Waals surface area contributed by atoms with Crippen LogP contribution in [-0.2, 0) is 18.4 Å². The highest BCUT2D eigenvalue weighted by atomic mass is 35.5. The molecular formula is C17H13ClN4O4S. The lowest BCUT2D eigenvalue weighted by Gasteiger charge is -2.07. The Balaban J connectivity index is 1.77. The van der Waals surface area contributed by atoms with Crippen molar-refractivity contribution in [2.45, 2.75) is 16.7 Å². The highest BCUT2D eigenvalue weighted by molar-refractivity contribution is 7.99. The number of nitrogens with zero attached hydrogens (tertiary/aromatic N) is 4. The van der Waals surface area contributed by atoms with Crippen LogP contribution in [0.5, 0.6) is 0 Å². The molecule has 0 N–H and O–H groups in total. The molecule has 138 valence electrons. The van der Waals surface area contributed by atoms with Gasteiger partial charge in [-0.1, -0.05) is 23.7 Å². The summed E-state index contributed by atoms with van der Waals surface area (Å²) in [4.78, 5) is 23.5. The molecule has 2 aromatic carbocycles. The third-order valence-corrected chi connectivity index (χ3v) is 4.87. The fourth-order valence-electron chi connectivity index (χ4n) is 2.20. The molecule has 10 heteroatoms. The lowest BCUT2D eigenvalue weighted by Crippen LogP contribution is -2.06. The van der Waals surface area contributed by atoms with Crippen molar-refractivity contribution in [3.05, 3.63) is 75.1 Å². The first-order chi connectivity index (χ1) is 12.9. The van der Waals surface area contributed by atoms with Gasteiger partial charge in [0.1, 0.15) is 12.9 Å². The maximum Gasteiger partial charge on any atom is 0.338 e. The largest absolute Gasteiger partial charge is 0.457 e. The molecule has 3 rings (SSSR count). The van der Waals surface area contributed by atoms with Gasteiger partial charge in [0.05, 0.1) is 15.4 Å². The summed E-state index contributed by atoms with van der Waals surface area (Å²) in [6, 6.07) is 11.1. The smallest absolute Gasteiger partial charge is 0.338 e. The Labute approximate surface area is 163 Å². The molecule has 0 spiro atoms. The second-order valence-corrected chi connectivity index (χ2v) is 6.92. The van der Waals surface area contributed by atoms with Crippen LogP contribution in [0.25, 0.3) is 0 Å². The van der Waals surface area contributed by atoms with Gasteiger partial charge in [-0.3, -0.25) is 10.1 Å². The third kappa shape index (κ3) is 4.63. The molecule has 8 nitrogen and oxygen atoms in total. The summed E-state index contributed by atoms with van der Waals surface area (Å²) in [6.07, 6.45) is 1.50. The number of hydrogen-bond acceptors (Lipinski definition) is 7. The van der Waals surface area contributed by atoms with Crippen molar-refractivity contribution in [3.63, 3.8) is 0 Å². The molecule has 0 fully saturated rings. The standard InChI is InChI=1S/C17H13ClN4O4S/c1-21-10-19-20-17(21)27-15-6-5-12(8-14(15)22(24)25)16(23)26-9-11-3-2-4-13(18)7-11/h2-8,10H,9H2,1H3. The van der Waals surface area contributed by atoms with E-state index in [1.54, 1.807) is 35.9 Å². The number of ether oxygens (including phenoxy) is 1. The minimum atomic E-state index is -0.659. The Hall–Kier alpha value is -2.91. The van der Waals surface area contributed by atoms with Crippen molar-refractivity contribution in [2.75, 3.05) is 0 Å². The number of halogens is 1. The molecule has 0 radical (unpaired) electrons. The molecule has 0 aliphatic carbocycles. The molecule has 0 bridgehead atoms. The van der Waals surface area contributed by atoms with Crippen molar-refractivity contribution < 1.29 is 14.5 Å². The molecule has 27 heavy (non-hydrogen) atoms.